The molecule has 126 valence electrons. The average molecular weight is 346 g/mol. The molecule has 2 aromatic rings. The molecule has 0 bridgehead atoms. The summed E-state index contributed by atoms with van der Waals surface area (Å²) in [5.41, 5.74) is 0.593. The molecule has 1 aliphatic rings. The highest BCUT2D eigenvalue weighted by Crippen LogP contribution is 2.32. The molecule has 0 aliphatic carbocycles. The van der Waals surface area contributed by atoms with E-state index in [1.165, 1.54) is 28.3 Å². The molecule has 0 atom stereocenters. The van der Waals surface area contributed by atoms with E-state index in [2.05, 4.69) is 15.6 Å². The zero-order valence-electron chi connectivity index (χ0n) is 13.2. The Morgan fingerprint density at radius 3 is 2.88 bits per heavy atom. The van der Waals surface area contributed by atoms with Gasteiger partial charge in [0, 0.05) is 28.3 Å². The second kappa shape index (κ2) is 7.06. The van der Waals surface area contributed by atoms with Crippen LogP contribution in [0.5, 0.6) is 0 Å². The number of rotatable bonds is 4. The van der Waals surface area contributed by atoms with Crippen molar-refractivity contribution in [1.82, 2.24) is 10.3 Å². The van der Waals surface area contributed by atoms with Crippen LogP contribution in [0.2, 0.25) is 0 Å². The number of amides is 1. The largest absolute Gasteiger partial charge is 0.317 e. The minimum Gasteiger partial charge on any atom is -0.317 e. The Labute approximate surface area is 143 Å². The van der Waals surface area contributed by atoms with Gasteiger partial charge in [-0.25, -0.2) is 4.98 Å². The molecule has 24 heavy (non-hydrogen) atoms. The van der Waals surface area contributed by atoms with Crippen molar-refractivity contribution in [3.63, 3.8) is 0 Å². The first kappa shape index (κ1) is 16.5. The van der Waals surface area contributed by atoms with Crippen LogP contribution in [-0.4, -0.2) is 28.9 Å². The average Bonchev–Trinajstić information content (AvgIpc) is 3.04. The minimum absolute atomic E-state index is 0.0582. The Balaban J connectivity index is 1.75. The van der Waals surface area contributed by atoms with Gasteiger partial charge in [-0.1, -0.05) is 6.07 Å². The molecule has 1 aromatic heterocycles. The summed E-state index contributed by atoms with van der Waals surface area (Å²) < 4.78 is 0. The zero-order valence-corrected chi connectivity index (χ0v) is 14.1. The Kier molecular flexibility index (Phi) is 4.86. The highest BCUT2D eigenvalue weighted by Gasteiger charge is 2.21. The van der Waals surface area contributed by atoms with E-state index < -0.39 is 4.92 Å². The first-order valence-corrected chi connectivity index (χ1v) is 8.59. The molecule has 1 aromatic carbocycles. The molecule has 1 amide bonds. The number of aromatic nitrogens is 1. The summed E-state index contributed by atoms with van der Waals surface area (Å²) in [6, 6.07) is 4.49. The van der Waals surface area contributed by atoms with Crippen molar-refractivity contribution in [3.8, 4) is 0 Å². The van der Waals surface area contributed by atoms with Crippen LogP contribution in [0.3, 0.4) is 0 Å². The molecule has 2 N–H and O–H groups in total. The Bertz CT molecular complexity index is 768. The van der Waals surface area contributed by atoms with Crippen LogP contribution < -0.4 is 10.6 Å². The van der Waals surface area contributed by atoms with E-state index in [9.17, 15) is 14.9 Å². The number of nitro benzene ring substituents is 1. The molecule has 0 radical (unpaired) electrons. The summed E-state index contributed by atoms with van der Waals surface area (Å²) in [6.07, 6.45) is 3.95. The summed E-state index contributed by atoms with van der Waals surface area (Å²) in [7, 11) is 0. The molecule has 0 saturated carbocycles. The fourth-order valence-electron chi connectivity index (χ4n) is 2.87. The number of carbonyl (C=O) groups is 1. The number of hydrogen-bond acceptors (Lipinski definition) is 6. The van der Waals surface area contributed by atoms with Crippen molar-refractivity contribution in [3.05, 3.63) is 50.5 Å². The van der Waals surface area contributed by atoms with Crippen LogP contribution in [0.4, 0.5) is 10.8 Å². The standard InChI is InChI=1S/C16H18N4O3S/c1-10-12(3-2-4-13(10)20(22)23)15(21)19-16-18-9-14(24-16)11-5-7-17-8-6-11/h2-4,9,11,17H,5-8H2,1H3,(H,18,19,21). The zero-order chi connectivity index (χ0) is 17.1. The molecule has 2 heterocycles. The number of nitro groups is 1. The van der Waals surface area contributed by atoms with Crippen LogP contribution in [0.1, 0.15) is 39.6 Å². The highest BCUT2D eigenvalue weighted by atomic mass is 32.1. The van der Waals surface area contributed by atoms with Crippen molar-refractivity contribution in [2.75, 3.05) is 18.4 Å². The molecule has 1 fully saturated rings. The molecular weight excluding hydrogens is 328 g/mol. The predicted octanol–water partition coefficient (Wildman–Crippen LogP) is 3.08. The van der Waals surface area contributed by atoms with Gasteiger partial charge in [0.15, 0.2) is 5.13 Å². The van der Waals surface area contributed by atoms with Crippen LogP contribution in [0.25, 0.3) is 0 Å². The Morgan fingerprint density at radius 1 is 1.42 bits per heavy atom. The monoisotopic (exact) mass is 346 g/mol. The third-order valence-corrected chi connectivity index (χ3v) is 5.31. The normalized spacial score (nSPS) is 15.2. The maximum Gasteiger partial charge on any atom is 0.273 e. The summed E-state index contributed by atoms with van der Waals surface area (Å²) >= 11 is 1.47. The maximum atomic E-state index is 12.4. The van der Waals surface area contributed by atoms with Crippen molar-refractivity contribution < 1.29 is 9.72 Å². The second-order valence-electron chi connectivity index (χ2n) is 5.75. The van der Waals surface area contributed by atoms with Crippen molar-refractivity contribution >= 4 is 28.1 Å². The number of hydrogen-bond donors (Lipinski definition) is 2. The third-order valence-electron chi connectivity index (χ3n) is 4.23. The van der Waals surface area contributed by atoms with Gasteiger partial charge in [-0.05, 0) is 44.8 Å². The lowest BCUT2D eigenvalue weighted by molar-refractivity contribution is -0.385. The van der Waals surface area contributed by atoms with Crippen molar-refractivity contribution in [2.45, 2.75) is 25.7 Å². The van der Waals surface area contributed by atoms with E-state index in [1.54, 1.807) is 13.0 Å². The van der Waals surface area contributed by atoms with E-state index >= 15 is 0 Å². The molecule has 0 unspecified atom stereocenters. The molecule has 3 rings (SSSR count). The lowest BCUT2D eigenvalue weighted by Crippen LogP contribution is -2.26. The lowest BCUT2D eigenvalue weighted by atomic mass is 9.97. The van der Waals surface area contributed by atoms with Gasteiger partial charge in [0.2, 0.25) is 0 Å². The number of thiazole rings is 1. The topological polar surface area (TPSA) is 97.2 Å². The maximum absolute atomic E-state index is 12.4. The second-order valence-corrected chi connectivity index (χ2v) is 6.82. The van der Waals surface area contributed by atoms with Gasteiger partial charge in [0.1, 0.15) is 0 Å². The number of anilines is 1. The minimum atomic E-state index is -0.481. The third kappa shape index (κ3) is 3.44. The van der Waals surface area contributed by atoms with Gasteiger partial charge >= 0.3 is 0 Å². The van der Waals surface area contributed by atoms with E-state index in [0.717, 1.165) is 25.9 Å². The van der Waals surface area contributed by atoms with Crippen molar-refractivity contribution in [1.29, 1.82) is 0 Å². The molecule has 0 spiro atoms. The van der Waals surface area contributed by atoms with E-state index in [1.807, 2.05) is 6.20 Å². The predicted molar refractivity (Wildman–Crippen MR) is 92.7 cm³/mol. The molecular formula is C16H18N4O3S. The number of carbonyl (C=O) groups excluding carboxylic acids is 1. The molecule has 1 aliphatic heterocycles. The lowest BCUT2D eigenvalue weighted by Gasteiger charge is -2.20. The van der Waals surface area contributed by atoms with Crippen LogP contribution in [0, 0.1) is 17.0 Å². The van der Waals surface area contributed by atoms with Crippen LogP contribution >= 0.6 is 11.3 Å². The fraction of sp³-hybridized carbons (Fsp3) is 0.375. The highest BCUT2D eigenvalue weighted by molar-refractivity contribution is 7.15. The first-order valence-electron chi connectivity index (χ1n) is 7.78. The smallest absolute Gasteiger partial charge is 0.273 e. The Hall–Kier alpha value is -2.32. The number of nitrogens with zero attached hydrogens (tertiary/aromatic N) is 2. The quantitative estimate of drug-likeness (QED) is 0.655. The molecule has 7 nitrogen and oxygen atoms in total. The molecule has 1 saturated heterocycles. The summed E-state index contributed by atoms with van der Waals surface area (Å²) in [5, 5.41) is 17.6. The van der Waals surface area contributed by atoms with Gasteiger partial charge < -0.3 is 5.32 Å². The summed E-state index contributed by atoms with van der Waals surface area (Å²) in [5.74, 6) is 0.108. The summed E-state index contributed by atoms with van der Waals surface area (Å²) in [4.78, 5) is 28.4. The number of benzene rings is 1. The Morgan fingerprint density at radius 2 is 2.17 bits per heavy atom. The van der Waals surface area contributed by atoms with Crippen molar-refractivity contribution in [2.24, 2.45) is 0 Å². The van der Waals surface area contributed by atoms with E-state index in [0.29, 0.717) is 22.2 Å². The van der Waals surface area contributed by atoms with Gasteiger partial charge in [-0.15, -0.1) is 11.3 Å². The molecule has 8 heteroatoms. The fourth-order valence-corrected chi connectivity index (χ4v) is 3.85. The van der Waals surface area contributed by atoms with E-state index in [-0.39, 0.29) is 11.6 Å². The van der Waals surface area contributed by atoms with Gasteiger partial charge in [-0.2, -0.15) is 0 Å². The van der Waals surface area contributed by atoms with E-state index in [4.69, 9.17) is 0 Å². The first-order chi connectivity index (χ1) is 11.6. The number of piperidine rings is 1. The number of nitrogens with one attached hydrogen (secondary N) is 2. The van der Waals surface area contributed by atoms with Gasteiger partial charge in [0.25, 0.3) is 11.6 Å². The van der Waals surface area contributed by atoms with Gasteiger partial charge in [0.05, 0.1) is 4.92 Å². The summed E-state index contributed by atoms with van der Waals surface area (Å²) in [6.45, 7) is 3.57. The van der Waals surface area contributed by atoms with Crippen LogP contribution in [0.15, 0.2) is 24.4 Å². The van der Waals surface area contributed by atoms with Gasteiger partial charge in [-0.3, -0.25) is 20.2 Å². The SMILES string of the molecule is Cc1c(C(=O)Nc2ncc(C3CCNCC3)s2)cccc1[N+](=O)[O-]. The van der Waals surface area contributed by atoms with Crippen LogP contribution in [-0.2, 0) is 0 Å².